The second-order valence-corrected chi connectivity index (χ2v) is 5.16. The van der Waals surface area contributed by atoms with Crippen LogP contribution in [-0.2, 0) is 6.54 Å². The number of nitrogens with zero attached hydrogens (tertiary/aromatic N) is 1. The van der Waals surface area contributed by atoms with Crippen LogP contribution in [0.2, 0.25) is 10.0 Å². The molecule has 0 aliphatic heterocycles. The van der Waals surface area contributed by atoms with E-state index in [9.17, 15) is 0 Å². The first-order valence-corrected chi connectivity index (χ1v) is 6.61. The maximum atomic E-state index is 6.00. The highest BCUT2D eigenvalue weighted by molar-refractivity contribution is 6.35. The Morgan fingerprint density at radius 2 is 2.16 bits per heavy atom. The Kier molecular flexibility index (Phi) is 4.69. The van der Waals surface area contributed by atoms with Crippen molar-refractivity contribution in [2.24, 2.45) is 0 Å². The van der Waals surface area contributed by atoms with Crippen LogP contribution in [0.5, 0.6) is 11.8 Å². The first-order chi connectivity index (χ1) is 9.04. The molecule has 0 aliphatic rings. The summed E-state index contributed by atoms with van der Waals surface area (Å²) in [6.07, 6.45) is 1.71. The molecule has 1 aromatic carbocycles. The molecule has 1 aromatic heterocycles. The summed E-state index contributed by atoms with van der Waals surface area (Å²) < 4.78 is 10.7. The van der Waals surface area contributed by atoms with Gasteiger partial charge < -0.3 is 14.5 Å². The van der Waals surface area contributed by atoms with E-state index in [-0.39, 0.29) is 6.08 Å². The fraction of sp³-hybridized carbons (Fsp3) is 0.308. The molecule has 0 fully saturated rings. The van der Waals surface area contributed by atoms with Gasteiger partial charge in [-0.1, -0.05) is 37.0 Å². The van der Waals surface area contributed by atoms with Crippen LogP contribution in [0.25, 0.3) is 0 Å². The summed E-state index contributed by atoms with van der Waals surface area (Å²) in [6, 6.07) is 5.34. The maximum Gasteiger partial charge on any atom is 0.399 e. The molecule has 6 heteroatoms. The van der Waals surface area contributed by atoms with Gasteiger partial charge in [-0.05, 0) is 18.2 Å². The van der Waals surface area contributed by atoms with E-state index >= 15 is 0 Å². The standard InChI is InChI=1S/C13H14Cl2N2O2/c1-8(2)16-6-10-7-18-13(17-10)19-12-4-3-9(14)5-11(12)15/h3-5,7-8,16H,6H2,1-2H3. The average Bonchev–Trinajstić information content (AvgIpc) is 2.78. The molecule has 102 valence electrons. The minimum absolute atomic E-state index is 0.157. The monoisotopic (exact) mass is 300 g/mol. The van der Waals surface area contributed by atoms with Crippen LogP contribution in [-0.4, -0.2) is 11.0 Å². The minimum atomic E-state index is 0.157. The van der Waals surface area contributed by atoms with Gasteiger partial charge in [-0.15, -0.1) is 0 Å². The van der Waals surface area contributed by atoms with E-state index in [1.165, 1.54) is 0 Å². The van der Waals surface area contributed by atoms with Crippen LogP contribution in [0.1, 0.15) is 19.5 Å². The zero-order chi connectivity index (χ0) is 13.8. The normalized spacial score (nSPS) is 11.0. The molecule has 4 nitrogen and oxygen atoms in total. The number of rotatable bonds is 5. The number of ether oxygens (including phenoxy) is 1. The Bertz CT molecular complexity index is 555. The van der Waals surface area contributed by atoms with Gasteiger partial charge in [-0.2, -0.15) is 4.98 Å². The average molecular weight is 301 g/mol. The number of hydrogen-bond acceptors (Lipinski definition) is 4. The number of oxazole rings is 1. The Hall–Kier alpha value is -1.23. The first-order valence-electron chi connectivity index (χ1n) is 5.85. The molecule has 0 amide bonds. The molecule has 1 N–H and O–H groups in total. The maximum absolute atomic E-state index is 6.00. The van der Waals surface area contributed by atoms with E-state index in [4.69, 9.17) is 32.4 Å². The zero-order valence-corrected chi connectivity index (χ0v) is 12.1. The van der Waals surface area contributed by atoms with Crippen LogP contribution in [0, 0.1) is 0 Å². The number of aromatic nitrogens is 1. The summed E-state index contributed by atoms with van der Waals surface area (Å²) in [6.45, 7) is 4.74. The van der Waals surface area contributed by atoms with Crippen molar-refractivity contribution in [3.63, 3.8) is 0 Å². The molecular weight excluding hydrogens is 287 g/mol. The molecule has 0 unspecified atom stereocenters. The zero-order valence-electron chi connectivity index (χ0n) is 10.6. The van der Waals surface area contributed by atoms with Gasteiger partial charge in [0.2, 0.25) is 0 Å². The topological polar surface area (TPSA) is 47.3 Å². The molecule has 2 aromatic rings. The molecule has 0 radical (unpaired) electrons. The van der Waals surface area contributed by atoms with Crippen molar-refractivity contribution >= 4 is 23.2 Å². The van der Waals surface area contributed by atoms with Crippen molar-refractivity contribution in [2.45, 2.75) is 26.4 Å². The van der Waals surface area contributed by atoms with Crippen LogP contribution < -0.4 is 10.1 Å². The summed E-state index contributed by atoms with van der Waals surface area (Å²) >= 11 is 11.8. The molecule has 0 bridgehead atoms. The smallest absolute Gasteiger partial charge is 0.399 e. The highest BCUT2D eigenvalue weighted by Crippen LogP contribution is 2.31. The molecule has 0 saturated carbocycles. The molecule has 0 spiro atoms. The third kappa shape index (κ3) is 4.13. The van der Waals surface area contributed by atoms with Gasteiger partial charge in [0.05, 0.1) is 10.7 Å². The Labute approximate surface area is 121 Å². The highest BCUT2D eigenvalue weighted by atomic mass is 35.5. The predicted octanol–water partition coefficient (Wildman–Crippen LogP) is 4.27. The lowest BCUT2D eigenvalue weighted by Crippen LogP contribution is -2.21. The minimum Gasteiger partial charge on any atom is -0.417 e. The van der Waals surface area contributed by atoms with Crippen LogP contribution in [0.3, 0.4) is 0 Å². The van der Waals surface area contributed by atoms with E-state index in [2.05, 4.69) is 24.1 Å². The summed E-state index contributed by atoms with van der Waals surface area (Å²) in [7, 11) is 0. The second kappa shape index (κ2) is 6.28. The molecular formula is C13H14Cl2N2O2. The van der Waals surface area contributed by atoms with Crippen molar-refractivity contribution in [3.05, 3.63) is 40.2 Å². The van der Waals surface area contributed by atoms with E-state index in [1.807, 2.05) is 0 Å². The molecule has 0 aliphatic carbocycles. The summed E-state index contributed by atoms with van der Waals surface area (Å²) in [4.78, 5) is 4.20. The second-order valence-electron chi connectivity index (χ2n) is 4.32. The van der Waals surface area contributed by atoms with Crippen LogP contribution in [0.4, 0.5) is 0 Å². The van der Waals surface area contributed by atoms with Gasteiger partial charge in [0, 0.05) is 17.6 Å². The number of hydrogen-bond donors (Lipinski definition) is 1. The number of benzene rings is 1. The van der Waals surface area contributed by atoms with Gasteiger partial charge in [-0.3, -0.25) is 0 Å². The summed E-state index contributed by atoms with van der Waals surface area (Å²) in [5, 5.41) is 4.19. The lowest BCUT2D eigenvalue weighted by Gasteiger charge is -2.04. The fourth-order valence-corrected chi connectivity index (χ4v) is 1.82. The molecule has 0 atom stereocenters. The van der Waals surface area contributed by atoms with Crippen molar-refractivity contribution in [1.82, 2.24) is 10.3 Å². The lowest BCUT2D eigenvalue weighted by atomic mass is 10.3. The van der Waals surface area contributed by atoms with E-state index in [0.29, 0.717) is 28.4 Å². The summed E-state index contributed by atoms with van der Waals surface area (Å²) in [5.41, 5.74) is 0.772. The number of nitrogens with one attached hydrogen (secondary N) is 1. The van der Waals surface area contributed by atoms with Gasteiger partial charge >= 0.3 is 6.08 Å². The summed E-state index contributed by atoms with van der Waals surface area (Å²) in [5.74, 6) is 0.455. The molecule has 2 rings (SSSR count). The van der Waals surface area contributed by atoms with E-state index < -0.39 is 0 Å². The van der Waals surface area contributed by atoms with Crippen molar-refractivity contribution in [1.29, 1.82) is 0 Å². The van der Waals surface area contributed by atoms with Crippen LogP contribution in [0.15, 0.2) is 28.9 Å². The third-order valence-corrected chi connectivity index (χ3v) is 2.84. The van der Waals surface area contributed by atoms with Crippen molar-refractivity contribution < 1.29 is 9.15 Å². The largest absolute Gasteiger partial charge is 0.417 e. The SMILES string of the molecule is CC(C)NCc1coc(Oc2ccc(Cl)cc2Cl)n1. The van der Waals surface area contributed by atoms with Gasteiger partial charge in [-0.25, -0.2) is 0 Å². The predicted molar refractivity (Wildman–Crippen MR) is 75.0 cm³/mol. The van der Waals surface area contributed by atoms with E-state index in [0.717, 1.165) is 5.69 Å². The van der Waals surface area contributed by atoms with Crippen molar-refractivity contribution in [2.75, 3.05) is 0 Å². The van der Waals surface area contributed by atoms with Gasteiger partial charge in [0.15, 0.2) is 5.75 Å². The fourth-order valence-electron chi connectivity index (χ4n) is 1.38. The highest BCUT2D eigenvalue weighted by Gasteiger charge is 2.09. The Morgan fingerprint density at radius 3 is 2.84 bits per heavy atom. The quantitative estimate of drug-likeness (QED) is 0.895. The first kappa shape index (κ1) is 14.2. The van der Waals surface area contributed by atoms with Crippen LogP contribution >= 0.6 is 23.2 Å². The van der Waals surface area contributed by atoms with Gasteiger partial charge in [0.25, 0.3) is 0 Å². The number of halogens is 2. The Morgan fingerprint density at radius 1 is 1.37 bits per heavy atom. The third-order valence-electron chi connectivity index (χ3n) is 2.31. The van der Waals surface area contributed by atoms with Crippen molar-refractivity contribution in [3.8, 4) is 11.8 Å². The Balaban J connectivity index is 2.03. The molecule has 19 heavy (non-hydrogen) atoms. The van der Waals surface area contributed by atoms with Gasteiger partial charge in [0.1, 0.15) is 6.26 Å². The van der Waals surface area contributed by atoms with E-state index in [1.54, 1.807) is 24.5 Å². The molecule has 1 heterocycles. The lowest BCUT2D eigenvalue weighted by molar-refractivity contribution is 0.331. The molecule has 0 saturated heterocycles.